The number of hydrogen-bond acceptors (Lipinski definition) is 1. The summed E-state index contributed by atoms with van der Waals surface area (Å²) in [5.41, 5.74) is 4.17. The van der Waals surface area contributed by atoms with Crippen molar-refractivity contribution in [1.82, 2.24) is 9.88 Å². The summed E-state index contributed by atoms with van der Waals surface area (Å²) in [4.78, 5) is 0. The van der Waals surface area contributed by atoms with E-state index in [9.17, 15) is 0 Å². The molecule has 2 rings (SSSR count). The molecule has 0 atom stereocenters. The quantitative estimate of drug-likeness (QED) is 0.781. The SMILES string of the molecule is CCn1c(CCCNC)cc2cc(C)ccc21. The molecule has 1 heterocycles. The number of fused-ring (bicyclic) bond motifs is 1. The van der Waals surface area contributed by atoms with Gasteiger partial charge in [-0.05, 0) is 58.5 Å². The number of hydrogen-bond donors (Lipinski definition) is 1. The van der Waals surface area contributed by atoms with E-state index in [0.29, 0.717) is 0 Å². The lowest BCUT2D eigenvalue weighted by Crippen LogP contribution is -2.10. The van der Waals surface area contributed by atoms with Crippen molar-refractivity contribution < 1.29 is 0 Å². The summed E-state index contributed by atoms with van der Waals surface area (Å²) in [5.74, 6) is 0. The molecule has 0 aliphatic rings. The highest BCUT2D eigenvalue weighted by Gasteiger charge is 2.06. The molecule has 0 bridgehead atoms. The van der Waals surface area contributed by atoms with Gasteiger partial charge >= 0.3 is 0 Å². The molecule has 1 aromatic heterocycles. The topological polar surface area (TPSA) is 17.0 Å². The summed E-state index contributed by atoms with van der Waals surface area (Å²) in [6, 6.07) is 9.08. The minimum absolute atomic E-state index is 1.06. The van der Waals surface area contributed by atoms with Crippen LogP contribution in [0.15, 0.2) is 24.3 Å². The molecule has 0 radical (unpaired) electrons. The summed E-state index contributed by atoms with van der Waals surface area (Å²) in [6.45, 7) is 6.52. The highest BCUT2D eigenvalue weighted by atomic mass is 15.0. The monoisotopic (exact) mass is 230 g/mol. The molecule has 1 N–H and O–H groups in total. The predicted molar refractivity (Wildman–Crippen MR) is 74.6 cm³/mol. The second-order valence-corrected chi connectivity index (χ2v) is 4.65. The lowest BCUT2D eigenvalue weighted by molar-refractivity contribution is 0.673. The predicted octanol–water partition coefficient (Wildman–Crippen LogP) is 3.12. The lowest BCUT2D eigenvalue weighted by atomic mass is 10.1. The molecular weight excluding hydrogens is 208 g/mol. The van der Waals surface area contributed by atoms with Crippen LogP contribution >= 0.6 is 0 Å². The molecule has 0 saturated heterocycles. The van der Waals surface area contributed by atoms with E-state index in [0.717, 1.165) is 19.5 Å². The van der Waals surface area contributed by atoms with Crippen LogP contribution in [0, 0.1) is 6.92 Å². The van der Waals surface area contributed by atoms with Crippen molar-refractivity contribution in [2.75, 3.05) is 13.6 Å². The molecule has 0 amide bonds. The minimum atomic E-state index is 1.06. The van der Waals surface area contributed by atoms with Crippen molar-refractivity contribution >= 4 is 10.9 Å². The summed E-state index contributed by atoms with van der Waals surface area (Å²) < 4.78 is 2.43. The Morgan fingerprint density at radius 2 is 2.06 bits per heavy atom. The average Bonchev–Trinajstić information content (AvgIpc) is 2.66. The van der Waals surface area contributed by atoms with Gasteiger partial charge in [0.25, 0.3) is 0 Å². The fourth-order valence-electron chi connectivity index (χ4n) is 2.47. The number of nitrogens with one attached hydrogen (secondary N) is 1. The zero-order valence-electron chi connectivity index (χ0n) is 11.1. The van der Waals surface area contributed by atoms with Gasteiger partial charge in [-0.3, -0.25) is 0 Å². The maximum Gasteiger partial charge on any atom is 0.0482 e. The summed E-state index contributed by atoms with van der Waals surface area (Å²) >= 11 is 0. The standard InChI is InChI=1S/C15H22N2/c1-4-17-14(6-5-9-16-3)11-13-10-12(2)7-8-15(13)17/h7-8,10-11,16H,4-6,9H2,1-3H3. The van der Waals surface area contributed by atoms with Crippen molar-refractivity contribution in [2.24, 2.45) is 0 Å². The van der Waals surface area contributed by atoms with E-state index in [4.69, 9.17) is 0 Å². The van der Waals surface area contributed by atoms with E-state index < -0.39 is 0 Å². The van der Waals surface area contributed by atoms with E-state index in [1.54, 1.807) is 0 Å². The fourth-order valence-corrected chi connectivity index (χ4v) is 2.47. The highest BCUT2D eigenvalue weighted by Crippen LogP contribution is 2.22. The Balaban J connectivity index is 2.34. The zero-order valence-corrected chi connectivity index (χ0v) is 11.1. The largest absolute Gasteiger partial charge is 0.345 e. The maximum atomic E-state index is 3.21. The Bertz CT molecular complexity index is 497. The van der Waals surface area contributed by atoms with Crippen LogP contribution in [0.1, 0.15) is 24.6 Å². The van der Waals surface area contributed by atoms with Crippen LogP contribution in [-0.2, 0) is 13.0 Å². The van der Waals surface area contributed by atoms with Gasteiger partial charge < -0.3 is 9.88 Å². The van der Waals surface area contributed by atoms with Crippen molar-refractivity contribution in [3.8, 4) is 0 Å². The Hall–Kier alpha value is -1.28. The normalized spacial score (nSPS) is 11.2. The van der Waals surface area contributed by atoms with Crippen LogP contribution in [0.3, 0.4) is 0 Å². The van der Waals surface area contributed by atoms with Crippen LogP contribution in [0.4, 0.5) is 0 Å². The maximum absolute atomic E-state index is 3.21. The molecule has 0 unspecified atom stereocenters. The molecule has 0 saturated carbocycles. The van der Waals surface area contributed by atoms with Gasteiger partial charge in [0.2, 0.25) is 0 Å². The summed E-state index contributed by atoms with van der Waals surface area (Å²) in [6.07, 6.45) is 2.36. The van der Waals surface area contributed by atoms with Crippen LogP contribution in [0.5, 0.6) is 0 Å². The Labute approximate surface area is 104 Å². The van der Waals surface area contributed by atoms with E-state index in [1.807, 2.05) is 7.05 Å². The van der Waals surface area contributed by atoms with Crippen molar-refractivity contribution in [3.05, 3.63) is 35.5 Å². The van der Waals surface area contributed by atoms with E-state index in [2.05, 4.69) is 48.0 Å². The van der Waals surface area contributed by atoms with E-state index >= 15 is 0 Å². The second-order valence-electron chi connectivity index (χ2n) is 4.65. The first-order valence-electron chi connectivity index (χ1n) is 6.49. The van der Waals surface area contributed by atoms with Crippen LogP contribution in [0.2, 0.25) is 0 Å². The highest BCUT2D eigenvalue weighted by molar-refractivity contribution is 5.82. The minimum Gasteiger partial charge on any atom is -0.345 e. The molecule has 0 aliphatic heterocycles. The number of nitrogens with zero attached hydrogens (tertiary/aromatic N) is 1. The molecule has 2 nitrogen and oxygen atoms in total. The second kappa shape index (κ2) is 5.37. The number of rotatable bonds is 5. The first kappa shape index (κ1) is 12.2. The van der Waals surface area contributed by atoms with Gasteiger partial charge in [0.15, 0.2) is 0 Å². The Kier molecular flexibility index (Phi) is 3.85. The van der Waals surface area contributed by atoms with Crippen molar-refractivity contribution in [2.45, 2.75) is 33.2 Å². The van der Waals surface area contributed by atoms with Gasteiger partial charge in [-0.1, -0.05) is 11.6 Å². The molecule has 0 fully saturated rings. The first-order chi connectivity index (χ1) is 8.26. The average molecular weight is 230 g/mol. The lowest BCUT2D eigenvalue weighted by Gasteiger charge is -2.07. The number of aryl methyl sites for hydroxylation is 3. The van der Waals surface area contributed by atoms with Gasteiger partial charge in [0.1, 0.15) is 0 Å². The first-order valence-corrected chi connectivity index (χ1v) is 6.49. The molecule has 0 spiro atoms. The molecule has 2 heteroatoms. The van der Waals surface area contributed by atoms with Crippen molar-refractivity contribution in [3.63, 3.8) is 0 Å². The number of benzene rings is 1. The van der Waals surface area contributed by atoms with Crippen LogP contribution in [0.25, 0.3) is 10.9 Å². The fraction of sp³-hybridized carbons (Fsp3) is 0.467. The van der Waals surface area contributed by atoms with E-state index in [1.165, 1.54) is 28.6 Å². The zero-order chi connectivity index (χ0) is 12.3. The molecule has 0 aliphatic carbocycles. The molecule has 2 aromatic rings. The molecule has 17 heavy (non-hydrogen) atoms. The number of aromatic nitrogens is 1. The molecular formula is C15H22N2. The third-order valence-electron chi connectivity index (χ3n) is 3.32. The molecule has 92 valence electrons. The van der Waals surface area contributed by atoms with Gasteiger partial charge in [0.05, 0.1) is 0 Å². The van der Waals surface area contributed by atoms with Crippen molar-refractivity contribution in [1.29, 1.82) is 0 Å². The Morgan fingerprint density at radius 1 is 1.24 bits per heavy atom. The van der Waals surface area contributed by atoms with E-state index in [-0.39, 0.29) is 0 Å². The van der Waals surface area contributed by atoms with Crippen LogP contribution < -0.4 is 5.32 Å². The van der Waals surface area contributed by atoms with Gasteiger partial charge in [-0.25, -0.2) is 0 Å². The van der Waals surface area contributed by atoms with Gasteiger partial charge in [-0.15, -0.1) is 0 Å². The summed E-state index contributed by atoms with van der Waals surface area (Å²) in [7, 11) is 2.01. The smallest absolute Gasteiger partial charge is 0.0482 e. The third-order valence-corrected chi connectivity index (χ3v) is 3.32. The third kappa shape index (κ3) is 2.52. The van der Waals surface area contributed by atoms with Crippen LogP contribution in [-0.4, -0.2) is 18.2 Å². The Morgan fingerprint density at radius 3 is 2.76 bits per heavy atom. The van der Waals surface area contributed by atoms with Gasteiger partial charge in [0, 0.05) is 23.1 Å². The van der Waals surface area contributed by atoms with Gasteiger partial charge in [-0.2, -0.15) is 0 Å². The molecule has 1 aromatic carbocycles. The summed E-state index contributed by atoms with van der Waals surface area (Å²) in [5, 5.41) is 4.59.